The summed E-state index contributed by atoms with van der Waals surface area (Å²) in [5.41, 5.74) is 2.60. The normalized spacial score (nSPS) is 16.8. The molecule has 1 aromatic heterocycles. The van der Waals surface area contributed by atoms with Crippen LogP contribution in [-0.4, -0.2) is 46.6 Å². The number of hydrogen-bond donors (Lipinski definition) is 1. The van der Waals surface area contributed by atoms with E-state index in [1.165, 1.54) is 5.56 Å². The zero-order chi connectivity index (χ0) is 22.6. The number of ether oxygens (including phenoxy) is 1. The summed E-state index contributed by atoms with van der Waals surface area (Å²) in [6, 6.07) is 8.25. The van der Waals surface area contributed by atoms with Gasteiger partial charge in [-0.05, 0) is 53.9 Å². The number of aryl methyl sites for hydroxylation is 2. The molecule has 6 nitrogen and oxygen atoms in total. The van der Waals surface area contributed by atoms with Crippen molar-refractivity contribution in [2.24, 2.45) is 0 Å². The van der Waals surface area contributed by atoms with Crippen LogP contribution in [0.2, 0.25) is 0 Å². The predicted octanol–water partition coefficient (Wildman–Crippen LogP) is 4.88. The Bertz CT molecular complexity index is 915. The molecule has 2 heterocycles. The minimum atomic E-state index is -0.539. The van der Waals surface area contributed by atoms with Crippen molar-refractivity contribution in [3.8, 4) is 11.3 Å². The van der Waals surface area contributed by atoms with Crippen LogP contribution >= 0.6 is 11.3 Å². The maximum atomic E-state index is 13.3. The Labute approximate surface area is 189 Å². The molecule has 7 heteroatoms. The SMILES string of the molecule is Cc1ccc(-c2nc(C)sc2CC(=O)N2CCCCC2CNC(=O)OC(C)(C)C)cc1. The second kappa shape index (κ2) is 9.81. The molecular formula is C24H33N3O3S. The number of hydrogen-bond acceptors (Lipinski definition) is 5. The van der Waals surface area contributed by atoms with E-state index in [2.05, 4.69) is 36.5 Å². The molecular weight excluding hydrogens is 410 g/mol. The monoisotopic (exact) mass is 443 g/mol. The lowest BCUT2D eigenvalue weighted by molar-refractivity contribution is -0.134. The average molecular weight is 444 g/mol. The summed E-state index contributed by atoms with van der Waals surface area (Å²) in [5.74, 6) is 0.0905. The summed E-state index contributed by atoms with van der Waals surface area (Å²) in [6.45, 7) is 10.7. The summed E-state index contributed by atoms with van der Waals surface area (Å²) in [5, 5.41) is 3.80. The van der Waals surface area contributed by atoms with Gasteiger partial charge in [-0.25, -0.2) is 9.78 Å². The largest absolute Gasteiger partial charge is 0.444 e. The highest BCUT2D eigenvalue weighted by Gasteiger charge is 2.29. The Morgan fingerprint density at radius 1 is 1.19 bits per heavy atom. The predicted molar refractivity (Wildman–Crippen MR) is 124 cm³/mol. The molecule has 1 fully saturated rings. The van der Waals surface area contributed by atoms with Crippen LogP contribution in [0.4, 0.5) is 4.79 Å². The van der Waals surface area contributed by atoms with Gasteiger partial charge in [0.05, 0.1) is 17.1 Å². The molecule has 0 radical (unpaired) electrons. The molecule has 2 aromatic rings. The van der Waals surface area contributed by atoms with E-state index in [9.17, 15) is 9.59 Å². The van der Waals surface area contributed by atoms with Crippen LogP contribution in [0.25, 0.3) is 11.3 Å². The molecule has 0 bridgehead atoms. The smallest absolute Gasteiger partial charge is 0.407 e. The molecule has 1 saturated heterocycles. The molecule has 1 aromatic carbocycles. The van der Waals surface area contributed by atoms with E-state index in [0.717, 1.165) is 46.9 Å². The van der Waals surface area contributed by atoms with E-state index in [4.69, 9.17) is 9.72 Å². The number of carbonyl (C=O) groups excluding carboxylic acids is 2. The summed E-state index contributed by atoms with van der Waals surface area (Å²) < 4.78 is 5.34. The fourth-order valence-electron chi connectivity index (χ4n) is 3.82. The maximum absolute atomic E-state index is 13.3. The average Bonchev–Trinajstić information content (AvgIpc) is 3.06. The van der Waals surface area contributed by atoms with Crippen molar-refractivity contribution in [3.05, 3.63) is 39.7 Å². The lowest BCUT2D eigenvalue weighted by atomic mass is 10.0. The number of piperidine rings is 1. The summed E-state index contributed by atoms with van der Waals surface area (Å²) in [7, 11) is 0. The van der Waals surface area contributed by atoms with Gasteiger partial charge in [-0.2, -0.15) is 0 Å². The number of rotatable bonds is 5. The molecule has 1 atom stereocenters. The molecule has 1 aliphatic heterocycles. The molecule has 0 spiro atoms. The van der Waals surface area contributed by atoms with Gasteiger partial charge >= 0.3 is 6.09 Å². The molecule has 1 aliphatic rings. The van der Waals surface area contributed by atoms with Gasteiger partial charge in [0.25, 0.3) is 0 Å². The number of nitrogens with zero attached hydrogens (tertiary/aromatic N) is 2. The number of aromatic nitrogens is 1. The maximum Gasteiger partial charge on any atom is 0.407 e. The van der Waals surface area contributed by atoms with Gasteiger partial charge in [0, 0.05) is 29.6 Å². The summed E-state index contributed by atoms with van der Waals surface area (Å²) in [4.78, 5) is 32.9. The minimum absolute atomic E-state index is 0.00869. The van der Waals surface area contributed by atoms with Crippen LogP contribution in [0.3, 0.4) is 0 Å². The molecule has 0 saturated carbocycles. The molecule has 168 valence electrons. The number of carbonyl (C=O) groups is 2. The van der Waals surface area contributed by atoms with Crippen LogP contribution in [0.5, 0.6) is 0 Å². The number of likely N-dealkylation sites (tertiary alicyclic amines) is 1. The summed E-state index contributed by atoms with van der Waals surface area (Å²) >= 11 is 1.58. The van der Waals surface area contributed by atoms with E-state index in [0.29, 0.717) is 13.0 Å². The van der Waals surface area contributed by atoms with Crippen molar-refractivity contribution in [1.82, 2.24) is 15.2 Å². The standard InChI is InChI=1S/C24H33N3O3S/c1-16-9-11-18(12-10-16)22-20(31-17(2)26-22)14-21(28)27-13-7-6-8-19(27)15-25-23(29)30-24(3,4)5/h9-12,19H,6-8,13-15H2,1-5H3,(H,25,29). The minimum Gasteiger partial charge on any atom is -0.444 e. The van der Waals surface area contributed by atoms with E-state index in [1.807, 2.05) is 32.6 Å². The first-order valence-electron chi connectivity index (χ1n) is 10.9. The van der Waals surface area contributed by atoms with Gasteiger partial charge in [-0.3, -0.25) is 4.79 Å². The summed E-state index contributed by atoms with van der Waals surface area (Å²) in [6.07, 6.45) is 2.82. The van der Waals surface area contributed by atoms with Gasteiger partial charge in [0.1, 0.15) is 5.60 Å². The van der Waals surface area contributed by atoms with Gasteiger partial charge in [0.2, 0.25) is 5.91 Å². The number of amides is 2. The third kappa shape index (κ3) is 6.53. The second-order valence-electron chi connectivity index (χ2n) is 9.17. The Hall–Kier alpha value is -2.41. The Morgan fingerprint density at radius 3 is 2.58 bits per heavy atom. The van der Waals surface area contributed by atoms with Gasteiger partial charge in [-0.1, -0.05) is 29.8 Å². The fraction of sp³-hybridized carbons (Fsp3) is 0.542. The van der Waals surface area contributed by atoms with Gasteiger partial charge < -0.3 is 15.0 Å². The van der Waals surface area contributed by atoms with E-state index < -0.39 is 11.7 Å². The first-order chi connectivity index (χ1) is 14.6. The highest BCUT2D eigenvalue weighted by atomic mass is 32.1. The first kappa shape index (κ1) is 23.3. The van der Waals surface area contributed by atoms with Crippen LogP contribution in [0, 0.1) is 13.8 Å². The van der Waals surface area contributed by atoms with Crippen molar-refractivity contribution < 1.29 is 14.3 Å². The number of nitrogens with one attached hydrogen (secondary N) is 1. The van der Waals surface area contributed by atoms with Gasteiger partial charge in [0.15, 0.2) is 0 Å². The Morgan fingerprint density at radius 2 is 1.90 bits per heavy atom. The van der Waals surface area contributed by atoms with Gasteiger partial charge in [-0.15, -0.1) is 11.3 Å². The molecule has 3 rings (SSSR count). The zero-order valence-corrected chi connectivity index (χ0v) is 20.0. The number of alkyl carbamates (subject to hydrolysis) is 1. The lowest BCUT2D eigenvalue weighted by Crippen LogP contribution is -2.50. The third-order valence-corrected chi connectivity index (χ3v) is 6.24. The third-order valence-electron chi connectivity index (χ3n) is 5.27. The van der Waals surface area contributed by atoms with Crippen LogP contribution < -0.4 is 5.32 Å². The van der Waals surface area contributed by atoms with Crippen LogP contribution in [0.15, 0.2) is 24.3 Å². The quantitative estimate of drug-likeness (QED) is 0.715. The number of thiazole rings is 1. The van der Waals surface area contributed by atoms with Crippen LogP contribution in [0.1, 0.15) is 55.5 Å². The molecule has 1 N–H and O–H groups in total. The highest BCUT2D eigenvalue weighted by Crippen LogP contribution is 2.30. The number of benzene rings is 1. The molecule has 0 aliphatic carbocycles. The second-order valence-corrected chi connectivity index (χ2v) is 10.5. The van der Waals surface area contributed by atoms with Crippen molar-refractivity contribution in [2.45, 2.75) is 71.9 Å². The first-order valence-corrected chi connectivity index (χ1v) is 11.7. The van der Waals surface area contributed by atoms with Crippen molar-refractivity contribution in [2.75, 3.05) is 13.1 Å². The molecule has 31 heavy (non-hydrogen) atoms. The van der Waals surface area contributed by atoms with Crippen LogP contribution in [-0.2, 0) is 16.0 Å². The Balaban J connectivity index is 1.68. The van der Waals surface area contributed by atoms with Crippen molar-refractivity contribution >= 4 is 23.3 Å². The molecule has 2 amide bonds. The zero-order valence-electron chi connectivity index (χ0n) is 19.2. The van der Waals surface area contributed by atoms with E-state index in [-0.39, 0.29) is 11.9 Å². The highest BCUT2D eigenvalue weighted by molar-refractivity contribution is 7.12. The van der Waals surface area contributed by atoms with Crippen molar-refractivity contribution in [1.29, 1.82) is 0 Å². The topological polar surface area (TPSA) is 71.5 Å². The Kier molecular flexibility index (Phi) is 7.36. The lowest BCUT2D eigenvalue weighted by Gasteiger charge is -2.36. The molecule has 1 unspecified atom stereocenters. The fourth-order valence-corrected chi connectivity index (χ4v) is 4.77. The van der Waals surface area contributed by atoms with Crippen molar-refractivity contribution in [3.63, 3.8) is 0 Å². The van der Waals surface area contributed by atoms with E-state index in [1.54, 1.807) is 11.3 Å². The van der Waals surface area contributed by atoms with E-state index >= 15 is 0 Å².